The molecule has 1 aliphatic carbocycles. The fraction of sp³-hybridized carbons (Fsp3) is 0.500. The number of guanidine groups is 1. The van der Waals surface area contributed by atoms with Gasteiger partial charge in [-0.3, -0.25) is 19.5 Å². The van der Waals surface area contributed by atoms with Crippen molar-refractivity contribution < 1.29 is 14.3 Å². The number of aryl methyl sites for hydroxylation is 1. The standard InChI is InChI=1S/C28H35N5O3/c1-16-8-9-18-21(13-28(4,5)36-22(18)11-16)31-25(35)20-12-19(20)24(17-7-6-10-30-15-17)33-23(34)14-27(2,3)32-26(33)29/h6-11,15,19-21,24H,12-14H2,1-5H3,(H2,29,32)(H,31,35)/t19-,20-,21-,24+/m0/s1. The molecule has 2 aromatic rings. The Morgan fingerprint density at radius 2 is 2.03 bits per heavy atom. The average molecular weight is 490 g/mol. The van der Waals surface area contributed by atoms with Gasteiger partial charge < -0.3 is 15.8 Å². The number of hydrogen-bond donors (Lipinski definition) is 2. The summed E-state index contributed by atoms with van der Waals surface area (Å²) in [4.78, 5) is 37.2. The predicted octanol–water partition coefficient (Wildman–Crippen LogP) is 3.81. The zero-order valence-corrected chi connectivity index (χ0v) is 21.6. The zero-order chi connectivity index (χ0) is 25.8. The molecule has 4 atom stereocenters. The van der Waals surface area contributed by atoms with Crippen molar-refractivity contribution in [3.8, 4) is 5.75 Å². The molecule has 8 heteroatoms. The molecule has 0 saturated heterocycles. The Bertz CT molecular complexity index is 1220. The van der Waals surface area contributed by atoms with Gasteiger partial charge in [0, 0.05) is 30.3 Å². The van der Waals surface area contributed by atoms with Gasteiger partial charge in [0.05, 0.1) is 24.0 Å². The van der Waals surface area contributed by atoms with E-state index in [4.69, 9.17) is 10.5 Å². The topological polar surface area (TPSA) is 110 Å². The lowest BCUT2D eigenvalue weighted by molar-refractivity contribution is -0.132. The Labute approximate surface area is 212 Å². The Hall–Kier alpha value is -3.42. The SMILES string of the molecule is Cc1ccc2c(c1)OC(C)(C)C[C@@H]2NC(=O)[C@H]1C[C@@H]1[C@@H](c1cccnc1)N1C(=O)CC(C)(C)N=C1N. The largest absolute Gasteiger partial charge is 0.487 e. The molecule has 1 aromatic heterocycles. The molecule has 3 N–H and O–H groups in total. The third kappa shape index (κ3) is 4.68. The summed E-state index contributed by atoms with van der Waals surface area (Å²) in [5.74, 6) is 0.629. The van der Waals surface area contributed by atoms with E-state index < -0.39 is 11.1 Å². The van der Waals surface area contributed by atoms with Crippen molar-refractivity contribution in [3.05, 3.63) is 59.4 Å². The smallest absolute Gasteiger partial charge is 0.232 e. The summed E-state index contributed by atoms with van der Waals surface area (Å²) in [6, 6.07) is 9.36. The van der Waals surface area contributed by atoms with Gasteiger partial charge in [0.1, 0.15) is 11.4 Å². The molecular weight excluding hydrogens is 454 g/mol. The van der Waals surface area contributed by atoms with Gasteiger partial charge in [-0.2, -0.15) is 0 Å². The molecule has 36 heavy (non-hydrogen) atoms. The van der Waals surface area contributed by atoms with Gasteiger partial charge >= 0.3 is 0 Å². The summed E-state index contributed by atoms with van der Waals surface area (Å²) in [6.45, 7) is 9.92. The fourth-order valence-electron chi connectivity index (χ4n) is 5.65. The first-order valence-electron chi connectivity index (χ1n) is 12.6. The highest BCUT2D eigenvalue weighted by molar-refractivity contribution is 5.99. The van der Waals surface area contributed by atoms with Crippen molar-refractivity contribution >= 4 is 17.8 Å². The van der Waals surface area contributed by atoms with E-state index in [-0.39, 0.29) is 48.1 Å². The molecule has 1 fully saturated rings. The van der Waals surface area contributed by atoms with Crippen LogP contribution < -0.4 is 15.8 Å². The Balaban J connectivity index is 1.39. The molecule has 2 aliphatic heterocycles. The van der Waals surface area contributed by atoms with Gasteiger partial charge in [-0.05, 0) is 70.2 Å². The monoisotopic (exact) mass is 489 g/mol. The van der Waals surface area contributed by atoms with E-state index in [9.17, 15) is 9.59 Å². The van der Waals surface area contributed by atoms with Crippen LogP contribution >= 0.6 is 0 Å². The number of aliphatic imine (C=N–C) groups is 1. The number of aromatic nitrogens is 1. The molecule has 0 radical (unpaired) electrons. The normalized spacial score (nSPS) is 26.8. The van der Waals surface area contributed by atoms with Crippen molar-refractivity contribution in [2.45, 2.75) is 77.1 Å². The van der Waals surface area contributed by atoms with Crippen LogP contribution in [0.15, 0.2) is 47.7 Å². The van der Waals surface area contributed by atoms with Crippen LogP contribution in [0, 0.1) is 18.8 Å². The molecule has 0 spiro atoms. The molecule has 0 bridgehead atoms. The molecule has 3 heterocycles. The van der Waals surface area contributed by atoms with Crippen LogP contribution in [0.2, 0.25) is 0 Å². The zero-order valence-electron chi connectivity index (χ0n) is 21.6. The first kappa shape index (κ1) is 24.3. The van der Waals surface area contributed by atoms with E-state index >= 15 is 0 Å². The number of hydrogen-bond acceptors (Lipinski definition) is 6. The quantitative estimate of drug-likeness (QED) is 0.664. The van der Waals surface area contributed by atoms with Crippen LogP contribution in [-0.4, -0.2) is 38.8 Å². The summed E-state index contributed by atoms with van der Waals surface area (Å²) in [5, 5.41) is 3.29. The van der Waals surface area contributed by atoms with E-state index in [1.165, 1.54) is 0 Å². The van der Waals surface area contributed by atoms with E-state index in [0.717, 1.165) is 22.4 Å². The van der Waals surface area contributed by atoms with Gasteiger partial charge in [-0.25, -0.2) is 4.99 Å². The number of carbonyl (C=O) groups is 2. The Kier molecular flexibility index (Phi) is 5.80. The number of nitrogens with two attached hydrogens (primary N) is 1. The average Bonchev–Trinajstić information content (AvgIpc) is 3.55. The van der Waals surface area contributed by atoms with E-state index in [2.05, 4.69) is 15.3 Å². The summed E-state index contributed by atoms with van der Waals surface area (Å²) in [7, 11) is 0. The minimum Gasteiger partial charge on any atom is -0.487 e. The lowest BCUT2D eigenvalue weighted by Crippen LogP contribution is -2.52. The van der Waals surface area contributed by atoms with Crippen molar-refractivity contribution in [1.82, 2.24) is 15.2 Å². The lowest BCUT2D eigenvalue weighted by atomic mass is 9.89. The van der Waals surface area contributed by atoms with Crippen molar-refractivity contribution in [1.29, 1.82) is 0 Å². The van der Waals surface area contributed by atoms with Crippen molar-refractivity contribution in [2.75, 3.05) is 0 Å². The minimum atomic E-state index is -0.543. The van der Waals surface area contributed by atoms with Crippen molar-refractivity contribution in [2.24, 2.45) is 22.6 Å². The fourth-order valence-corrected chi connectivity index (χ4v) is 5.65. The minimum absolute atomic E-state index is 0.0107. The van der Waals surface area contributed by atoms with Crippen LogP contribution in [0.5, 0.6) is 5.75 Å². The second-order valence-electron chi connectivity index (χ2n) is 11.6. The summed E-state index contributed by atoms with van der Waals surface area (Å²) >= 11 is 0. The highest BCUT2D eigenvalue weighted by Gasteiger charge is 2.53. The number of rotatable bonds is 5. The van der Waals surface area contributed by atoms with Gasteiger partial charge in [0.2, 0.25) is 11.8 Å². The van der Waals surface area contributed by atoms with E-state index in [0.29, 0.717) is 12.8 Å². The first-order chi connectivity index (χ1) is 16.9. The molecular formula is C28H35N5O3. The highest BCUT2D eigenvalue weighted by atomic mass is 16.5. The maximum absolute atomic E-state index is 13.5. The maximum Gasteiger partial charge on any atom is 0.232 e. The van der Waals surface area contributed by atoms with Gasteiger partial charge in [-0.1, -0.05) is 18.2 Å². The van der Waals surface area contributed by atoms with Crippen LogP contribution in [0.1, 0.15) is 75.7 Å². The predicted molar refractivity (Wildman–Crippen MR) is 137 cm³/mol. The number of pyridine rings is 1. The summed E-state index contributed by atoms with van der Waals surface area (Å²) < 4.78 is 6.20. The molecule has 1 aromatic carbocycles. The van der Waals surface area contributed by atoms with Crippen LogP contribution in [0.4, 0.5) is 0 Å². The molecule has 1 saturated carbocycles. The van der Waals surface area contributed by atoms with E-state index in [1.54, 1.807) is 17.3 Å². The molecule has 3 aliphatic rings. The molecule has 190 valence electrons. The highest BCUT2D eigenvalue weighted by Crippen LogP contribution is 2.51. The maximum atomic E-state index is 13.5. The number of ether oxygens (including phenoxy) is 1. The number of carbonyl (C=O) groups excluding carboxylic acids is 2. The third-order valence-electron chi connectivity index (χ3n) is 7.35. The molecule has 2 amide bonds. The molecule has 0 unspecified atom stereocenters. The number of nitrogens with one attached hydrogen (secondary N) is 1. The number of benzene rings is 1. The second kappa shape index (κ2) is 8.61. The lowest BCUT2D eigenvalue weighted by Gasteiger charge is -2.39. The van der Waals surface area contributed by atoms with Gasteiger partial charge in [0.25, 0.3) is 0 Å². The summed E-state index contributed by atoms with van der Waals surface area (Å²) in [6.07, 6.45) is 5.05. The van der Waals surface area contributed by atoms with Crippen molar-refractivity contribution in [3.63, 3.8) is 0 Å². The molecule has 8 nitrogen and oxygen atoms in total. The number of amides is 2. The Morgan fingerprint density at radius 1 is 1.25 bits per heavy atom. The third-order valence-corrected chi connectivity index (χ3v) is 7.35. The number of nitrogens with zero attached hydrogens (tertiary/aromatic N) is 3. The molecule has 5 rings (SSSR count). The Morgan fingerprint density at radius 3 is 2.72 bits per heavy atom. The second-order valence-corrected chi connectivity index (χ2v) is 11.6. The van der Waals surface area contributed by atoms with Gasteiger partial charge in [0.15, 0.2) is 5.96 Å². The first-order valence-corrected chi connectivity index (χ1v) is 12.6. The van der Waals surface area contributed by atoms with Gasteiger partial charge in [-0.15, -0.1) is 0 Å². The number of fused-ring (bicyclic) bond motifs is 1. The summed E-state index contributed by atoms with van der Waals surface area (Å²) in [5.41, 5.74) is 8.38. The van der Waals surface area contributed by atoms with Crippen LogP contribution in [0.25, 0.3) is 0 Å². The van der Waals surface area contributed by atoms with E-state index in [1.807, 2.05) is 65.0 Å². The van der Waals surface area contributed by atoms with Crippen LogP contribution in [0.3, 0.4) is 0 Å². The van der Waals surface area contributed by atoms with Crippen LogP contribution in [-0.2, 0) is 9.59 Å².